The fourth-order valence-corrected chi connectivity index (χ4v) is 2.30. The number of aryl methyl sites for hydroxylation is 1. The molecule has 2 heterocycles. The zero-order chi connectivity index (χ0) is 12.9. The van der Waals surface area contributed by atoms with Crippen molar-refractivity contribution in [1.29, 1.82) is 0 Å². The molecular weight excluding hydrogens is 252 g/mol. The topological polar surface area (TPSA) is 59.2 Å². The molecular formula is C13H11ClN2O2. The summed E-state index contributed by atoms with van der Waals surface area (Å²) in [5.41, 5.74) is 3.52. The van der Waals surface area contributed by atoms with Gasteiger partial charge in [-0.3, -0.25) is 0 Å². The van der Waals surface area contributed by atoms with Crippen LogP contribution in [0, 0.1) is 6.92 Å². The van der Waals surface area contributed by atoms with E-state index >= 15 is 0 Å². The monoisotopic (exact) mass is 262 g/mol. The molecule has 0 aliphatic carbocycles. The van der Waals surface area contributed by atoms with Crippen LogP contribution < -0.4 is 0 Å². The summed E-state index contributed by atoms with van der Waals surface area (Å²) in [7, 11) is 0. The number of aliphatic hydroxyl groups excluding tert-OH is 1. The molecule has 0 aliphatic heterocycles. The summed E-state index contributed by atoms with van der Waals surface area (Å²) in [6.07, 6.45) is 0.834. The fraction of sp³-hybridized carbons (Fsp3) is 0.231. The van der Waals surface area contributed by atoms with E-state index in [4.69, 9.17) is 16.0 Å². The van der Waals surface area contributed by atoms with Gasteiger partial charge in [0.25, 0.3) is 0 Å². The molecule has 0 unspecified atom stereocenters. The first-order valence-corrected chi connectivity index (χ1v) is 5.97. The number of aliphatic hydroxyl groups is 1. The number of rotatable bonds is 1. The van der Waals surface area contributed by atoms with Crippen molar-refractivity contribution in [1.82, 2.24) is 10.2 Å². The molecule has 92 valence electrons. The van der Waals surface area contributed by atoms with Gasteiger partial charge in [-0.25, -0.2) is 0 Å². The lowest BCUT2D eigenvalue weighted by molar-refractivity contribution is 0.199. The highest BCUT2D eigenvalue weighted by atomic mass is 35.5. The van der Waals surface area contributed by atoms with Gasteiger partial charge in [-0.05, 0) is 31.5 Å². The standard InChI is InChI=1S/C13H11ClN2O2/c1-6-3-8(7(2)17)12-9(4-6)11-13(18-12)10(14)5-15-16-11/h3-5,7,17H,1-2H3/t7-/m0/s1. The van der Waals surface area contributed by atoms with Crippen LogP contribution in [0.4, 0.5) is 0 Å². The van der Waals surface area contributed by atoms with Crippen LogP contribution in [0.5, 0.6) is 0 Å². The lowest BCUT2D eigenvalue weighted by atomic mass is 10.0. The molecule has 3 rings (SSSR count). The Labute approximate surface area is 108 Å². The third-order valence-electron chi connectivity index (χ3n) is 2.93. The molecule has 4 nitrogen and oxygen atoms in total. The number of hydrogen-bond donors (Lipinski definition) is 1. The first-order valence-electron chi connectivity index (χ1n) is 5.60. The van der Waals surface area contributed by atoms with Gasteiger partial charge in [0.15, 0.2) is 5.58 Å². The van der Waals surface area contributed by atoms with Gasteiger partial charge in [-0.1, -0.05) is 11.6 Å². The van der Waals surface area contributed by atoms with Crippen LogP contribution in [0.1, 0.15) is 24.2 Å². The normalized spacial score (nSPS) is 13.3. The average molecular weight is 263 g/mol. The van der Waals surface area contributed by atoms with Crippen molar-refractivity contribution in [2.75, 3.05) is 0 Å². The Morgan fingerprint density at radius 2 is 2.11 bits per heavy atom. The minimum atomic E-state index is -0.611. The van der Waals surface area contributed by atoms with E-state index in [1.807, 2.05) is 19.1 Å². The zero-order valence-corrected chi connectivity index (χ0v) is 10.7. The molecule has 1 atom stereocenters. The van der Waals surface area contributed by atoms with Crippen molar-refractivity contribution in [3.8, 4) is 0 Å². The van der Waals surface area contributed by atoms with Gasteiger partial charge in [-0.15, -0.1) is 5.10 Å². The maximum atomic E-state index is 9.81. The summed E-state index contributed by atoms with van der Waals surface area (Å²) in [5, 5.41) is 19.0. The van der Waals surface area contributed by atoms with Crippen molar-refractivity contribution < 1.29 is 9.52 Å². The van der Waals surface area contributed by atoms with Gasteiger partial charge in [0.05, 0.1) is 12.3 Å². The molecule has 0 saturated carbocycles. The maximum Gasteiger partial charge on any atom is 0.175 e. The molecule has 18 heavy (non-hydrogen) atoms. The van der Waals surface area contributed by atoms with Gasteiger partial charge < -0.3 is 9.52 Å². The first kappa shape index (κ1) is 11.4. The summed E-state index contributed by atoms with van der Waals surface area (Å²) in [4.78, 5) is 0. The summed E-state index contributed by atoms with van der Waals surface area (Å²) >= 11 is 6.04. The second-order valence-corrected chi connectivity index (χ2v) is 4.79. The molecule has 0 spiro atoms. The first-order chi connectivity index (χ1) is 8.58. The van der Waals surface area contributed by atoms with E-state index in [1.165, 1.54) is 6.20 Å². The van der Waals surface area contributed by atoms with E-state index in [0.29, 0.717) is 21.7 Å². The van der Waals surface area contributed by atoms with Gasteiger partial charge in [0.2, 0.25) is 0 Å². The Hall–Kier alpha value is -1.65. The molecule has 3 aromatic rings. The molecule has 5 heteroatoms. The molecule has 0 bridgehead atoms. The Morgan fingerprint density at radius 3 is 2.83 bits per heavy atom. The van der Waals surface area contributed by atoms with E-state index < -0.39 is 6.10 Å². The number of hydrogen-bond acceptors (Lipinski definition) is 4. The number of halogens is 1. The van der Waals surface area contributed by atoms with Crippen LogP contribution >= 0.6 is 11.6 Å². The molecule has 0 radical (unpaired) electrons. The average Bonchev–Trinajstić information content (AvgIpc) is 2.68. The van der Waals surface area contributed by atoms with Gasteiger partial charge in [-0.2, -0.15) is 5.10 Å². The minimum Gasteiger partial charge on any atom is -0.452 e. The van der Waals surface area contributed by atoms with E-state index in [1.54, 1.807) is 6.92 Å². The molecule has 2 aromatic heterocycles. The van der Waals surface area contributed by atoms with E-state index in [2.05, 4.69) is 10.2 Å². The molecule has 0 aliphatic rings. The summed E-state index contributed by atoms with van der Waals surface area (Å²) in [6.45, 7) is 3.66. The van der Waals surface area contributed by atoms with Crippen molar-refractivity contribution in [3.63, 3.8) is 0 Å². The summed E-state index contributed by atoms with van der Waals surface area (Å²) in [5.74, 6) is 0. The maximum absolute atomic E-state index is 9.81. The number of furan rings is 1. The quantitative estimate of drug-likeness (QED) is 0.730. The number of benzene rings is 1. The smallest absolute Gasteiger partial charge is 0.175 e. The van der Waals surface area contributed by atoms with Crippen LogP contribution in [0.15, 0.2) is 22.7 Å². The Bertz CT molecular complexity index is 749. The molecule has 0 amide bonds. The lowest BCUT2D eigenvalue weighted by Crippen LogP contribution is -1.92. The SMILES string of the molecule is Cc1cc([C@H](C)O)c2oc3c(Cl)cnnc3c2c1. The van der Waals surface area contributed by atoms with E-state index in [9.17, 15) is 5.11 Å². The number of fused-ring (bicyclic) bond motifs is 3. The number of nitrogens with zero attached hydrogens (tertiary/aromatic N) is 2. The largest absolute Gasteiger partial charge is 0.452 e. The van der Waals surface area contributed by atoms with E-state index in [-0.39, 0.29) is 0 Å². The number of aromatic nitrogens is 2. The van der Waals surface area contributed by atoms with Crippen LogP contribution in [-0.4, -0.2) is 15.3 Å². The van der Waals surface area contributed by atoms with Crippen molar-refractivity contribution in [3.05, 3.63) is 34.5 Å². The molecule has 1 aromatic carbocycles. The predicted octanol–water partition coefficient (Wildman–Crippen LogP) is 3.39. The van der Waals surface area contributed by atoms with Crippen molar-refractivity contribution >= 4 is 33.7 Å². The Balaban J connectivity index is 2.53. The molecule has 1 N–H and O–H groups in total. The third-order valence-corrected chi connectivity index (χ3v) is 3.20. The second kappa shape index (κ2) is 3.93. The van der Waals surface area contributed by atoms with Gasteiger partial charge in [0.1, 0.15) is 16.1 Å². The van der Waals surface area contributed by atoms with Gasteiger partial charge >= 0.3 is 0 Å². The minimum absolute atomic E-state index is 0.422. The second-order valence-electron chi connectivity index (χ2n) is 4.38. The Kier molecular flexibility index (Phi) is 2.50. The van der Waals surface area contributed by atoms with E-state index in [0.717, 1.165) is 16.5 Å². The van der Waals surface area contributed by atoms with Crippen LogP contribution in [0.2, 0.25) is 5.02 Å². The highest BCUT2D eigenvalue weighted by Gasteiger charge is 2.17. The third kappa shape index (κ3) is 1.57. The van der Waals surface area contributed by atoms with Crippen LogP contribution in [0.3, 0.4) is 0 Å². The van der Waals surface area contributed by atoms with Crippen molar-refractivity contribution in [2.24, 2.45) is 0 Å². The zero-order valence-electron chi connectivity index (χ0n) is 9.94. The van der Waals surface area contributed by atoms with Gasteiger partial charge in [0, 0.05) is 10.9 Å². The molecule has 0 fully saturated rings. The highest BCUT2D eigenvalue weighted by molar-refractivity contribution is 6.35. The summed E-state index contributed by atoms with van der Waals surface area (Å²) in [6, 6.07) is 3.86. The fourth-order valence-electron chi connectivity index (χ4n) is 2.13. The molecule has 0 saturated heterocycles. The van der Waals surface area contributed by atoms with Crippen LogP contribution in [-0.2, 0) is 0 Å². The lowest BCUT2D eigenvalue weighted by Gasteiger charge is -2.06. The highest BCUT2D eigenvalue weighted by Crippen LogP contribution is 2.35. The predicted molar refractivity (Wildman–Crippen MR) is 69.7 cm³/mol. The summed E-state index contributed by atoms with van der Waals surface area (Å²) < 4.78 is 5.74. The van der Waals surface area contributed by atoms with Crippen molar-refractivity contribution in [2.45, 2.75) is 20.0 Å². The van der Waals surface area contributed by atoms with Crippen LogP contribution in [0.25, 0.3) is 22.1 Å². The Morgan fingerprint density at radius 1 is 1.33 bits per heavy atom.